The van der Waals surface area contributed by atoms with Gasteiger partial charge in [-0.25, -0.2) is 38.4 Å². The van der Waals surface area contributed by atoms with Gasteiger partial charge in [0, 0.05) is 13.8 Å². The Morgan fingerprint density at radius 2 is 0.510 bits per heavy atom. The Morgan fingerprint density at radius 1 is 0.269 bits per heavy atom. The lowest BCUT2D eigenvalue weighted by molar-refractivity contribution is -0.361. The molecule has 11 rings (SSSR count). The van der Waals surface area contributed by atoms with Gasteiger partial charge in [-0.1, -0.05) is 146 Å². The minimum Gasteiger partial charge on any atom is -0.459 e. The molecular formula is C78H68O26. The second kappa shape index (κ2) is 35.2. The van der Waals surface area contributed by atoms with Crippen LogP contribution in [-0.4, -0.2) is 177 Å². The van der Waals surface area contributed by atoms with Crippen molar-refractivity contribution in [3.05, 3.63) is 287 Å². The van der Waals surface area contributed by atoms with E-state index in [2.05, 4.69) is 0 Å². The number of ether oxygens (including phenoxy) is 15. The Balaban J connectivity index is 1.01. The molecule has 15 atom stereocenters. The summed E-state index contributed by atoms with van der Waals surface area (Å²) in [5.41, 5.74) is -0.105. The van der Waals surface area contributed by atoms with E-state index >= 15 is 0 Å². The maximum Gasteiger partial charge on any atom is 0.338 e. The van der Waals surface area contributed by atoms with Crippen LogP contribution in [0.3, 0.4) is 0 Å². The van der Waals surface area contributed by atoms with E-state index in [0.29, 0.717) is 0 Å². The van der Waals surface area contributed by atoms with Crippen LogP contribution >= 0.6 is 0 Å². The lowest BCUT2D eigenvalue weighted by atomic mass is 9.95. The molecule has 26 heteroatoms. The Kier molecular flexibility index (Phi) is 24.9. The smallest absolute Gasteiger partial charge is 0.338 e. The van der Waals surface area contributed by atoms with E-state index in [1.165, 1.54) is 133 Å². The van der Waals surface area contributed by atoms with Gasteiger partial charge in [0.2, 0.25) is 0 Å². The Labute approximate surface area is 594 Å². The molecule has 26 nitrogen and oxygen atoms in total. The first-order valence-corrected chi connectivity index (χ1v) is 32.7. The van der Waals surface area contributed by atoms with Crippen molar-refractivity contribution in [3.8, 4) is 0 Å². The Bertz CT molecular complexity index is 4230. The van der Waals surface area contributed by atoms with Crippen LogP contribution in [0.4, 0.5) is 0 Å². The predicted molar refractivity (Wildman–Crippen MR) is 357 cm³/mol. The normalized spacial score (nSPS) is 24.1. The summed E-state index contributed by atoms with van der Waals surface area (Å²) in [6.07, 6.45) is -30.0. The topological polar surface area (TPSA) is 329 Å². The van der Waals surface area contributed by atoms with Gasteiger partial charge in [0.25, 0.3) is 0 Å². The third kappa shape index (κ3) is 18.8. The Morgan fingerprint density at radius 3 is 0.817 bits per heavy atom. The monoisotopic (exact) mass is 1420 g/mol. The van der Waals surface area contributed by atoms with Crippen molar-refractivity contribution < 1.29 is 124 Å². The zero-order valence-electron chi connectivity index (χ0n) is 55.5. The fraction of sp³-hybridized carbons (Fsp3) is 0.256. The van der Waals surface area contributed by atoms with Crippen molar-refractivity contribution in [1.82, 2.24) is 0 Å². The molecule has 1 N–H and O–H groups in total. The van der Waals surface area contributed by atoms with Gasteiger partial charge in [0.15, 0.2) is 67.7 Å². The van der Waals surface area contributed by atoms with Crippen LogP contribution < -0.4 is 0 Å². The van der Waals surface area contributed by atoms with Gasteiger partial charge in [0.1, 0.15) is 37.6 Å². The lowest BCUT2D eigenvalue weighted by Gasteiger charge is -2.48. The maximum absolute atomic E-state index is 14.7. The molecule has 8 aromatic carbocycles. The molecule has 3 fully saturated rings. The summed E-state index contributed by atoms with van der Waals surface area (Å²) in [7, 11) is 0. The summed E-state index contributed by atoms with van der Waals surface area (Å²) in [6, 6.07) is 60.5. The Hall–Kier alpha value is -11.8. The van der Waals surface area contributed by atoms with Gasteiger partial charge in [-0.2, -0.15) is 0 Å². The molecular weight excluding hydrogens is 1350 g/mol. The number of hydrogen-bond donors (Lipinski definition) is 1. The van der Waals surface area contributed by atoms with Crippen LogP contribution in [0.2, 0.25) is 0 Å². The standard InChI is InChI=1S/C78H68O26/c1-46(79)93-59-56(45-92-77-66(102-74(87)54-39-23-9-24-40-54)63(100-72(85)52-35-19-7-20-36-52)60(98-70(83)50-31-15-5-16-32-50)57(96-77)43-90-68(81)48-27-11-3-12-28-48)95-76(89)65(94-47(2)80)62(59)104-78-67(103-75(88)55-41-25-10-26-42-55)64(101-73(86)53-37-21-8-22-38-53)61(99-71(84)51-33-17-6-18-34-51)58(97-78)44-91-69(82)49-29-13-4-14-30-49/h3-42,56-67,76-78,89H,43-45H2,1-2H3/t56?,57?,58?,59?,60?,61-,62?,63?,64?,65?,66?,67?,76?,77?,78?/m0/s1. The zero-order chi connectivity index (χ0) is 73.1. The number of carbonyl (C=O) groups is 10. The van der Waals surface area contributed by atoms with Crippen LogP contribution in [-0.2, 0) is 80.6 Å². The molecule has 14 unspecified atom stereocenters. The van der Waals surface area contributed by atoms with E-state index in [1.807, 2.05) is 0 Å². The highest BCUT2D eigenvalue weighted by atomic mass is 16.8. The van der Waals surface area contributed by atoms with E-state index in [9.17, 15) is 53.1 Å². The van der Waals surface area contributed by atoms with Crippen LogP contribution in [0.25, 0.3) is 0 Å². The molecule has 3 saturated heterocycles. The highest BCUT2D eigenvalue weighted by Crippen LogP contribution is 2.38. The highest BCUT2D eigenvalue weighted by Gasteiger charge is 2.59. The average molecular weight is 1420 g/mol. The van der Waals surface area contributed by atoms with E-state index in [0.717, 1.165) is 13.8 Å². The van der Waals surface area contributed by atoms with E-state index in [-0.39, 0.29) is 44.5 Å². The van der Waals surface area contributed by atoms with Crippen molar-refractivity contribution in [2.45, 2.75) is 106 Å². The summed E-state index contributed by atoms with van der Waals surface area (Å²) in [5.74, 6) is -10.3. The van der Waals surface area contributed by atoms with Crippen molar-refractivity contribution >= 4 is 59.7 Å². The summed E-state index contributed by atoms with van der Waals surface area (Å²) < 4.78 is 93.6. The summed E-state index contributed by atoms with van der Waals surface area (Å²) >= 11 is 0. The zero-order valence-corrected chi connectivity index (χ0v) is 55.5. The van der Waals surface area contributed by atoms with Crippen molar-refractivity contribution in [1.29, 1.82) is 0 Å². The second-order valence-corrected chi connectivity index (χ2v) is 23.6. The number of rotatable bonds is 25. The summed E-state index contributed by atoms with van der Waals surface area (Å²) in [4.78, 5) is 142. The molecule has 8 aromatic rings. The third-order valence-corrected chi connectivity index (χ3v) is 16.4. The van der Waals surface area contributed by atoms with Gasteiger partial charge < -0.3 is 76.2 Å². The molecule has 3 aliphatic rings. The van der Waals surface area contributed by atoms with Gasteiger partial charge in [-0.05, 0) is 97.1 Å². The molecule has 0 aliphatic carbocycles. The largest absolute Gasteiger partial charge is 0.459 e. The highest BCUT2D eigenvalue weighted by molar-refractivity contribution is 5.94. The number of benzene rings is 8. The second-order valence-electron chi connectivity index (χ2n) is 23.6. The molecule has 0 radical (unpaired) electrons. The minimum absolute atomic E-state index is 0.00145. The SMILES string of the molecule is CC(=O)OC1C(O)OC(COC2OC(COC(=O)c3ccccc3)C(OC(=O)c3ccccc3)C(OC(=O)c3ccccc3)C2OC(=O)c2ccccc2)C(OC(C)=O)C1OC1OC(COC(=O)c2ccccc2)[C@H](OC(=O)c2ccccc2)C(OC(=O)c2ccccc2)C1OC(=O)c1ccccc1. The van der Waals surface area contributed by atoms with Crippen molar-refractivity contribution in [3.63, 3.8) is 0 Å². The molecule has 0 aromatic heterocycles. The molecule has 0 spiro atoms. The van der Waals surface area contributed by atoms with Crippen LogP contribution in [0, 0.1) is 0 Å². The number of aliphatic hydroxyl groups is 1. The van der Waals surface area contributed by atoms with Gasteiger partial charge in [-0.15, -0.1) is 0 Å². The fourth-order valence-corrected chi connectivity index (χ4v) is 11.5. The number of aliphatic hydroxyl groups excluding tert-OH is 1. The van der Waals surface area contributed by atoms with Gasteiger partial charge in [-0.3, -0.25) is 9.59 Å². The number of esters is 10. The van der Waals surface area contributed by atoms with E-state index < -0.39 is 172 Å². The molecule has 0 amide bonds. The molecule has 0 bridgehead atoms. The van der Waals surface area contributed by atoms with Crippen molar-refractivity contribution in [2.75, 3.05) is 19.8 Å². The minimum atomic E-state index is -2.32. The predicted octanol–water partition coefficient (Wildman–Crippen LogP) is 8.49. The van der Waals surface area contributed by atoms with E-state index in [1.54, 1.807) is 109 Å². The van der Waals surface area contributed by atoms with Crippen LogP contribution in [0.1, 0.15) is 96.7 Å². The fourth-order valence-electron chi connectivity index (χ4n) is 11.5. The van der Waals surface area contributed by atoms with Crippen LogP contribution in [0.15, 0.2) is 243 Å². The average Bonchev–Trinajstić information content (AvgIpc) is 0.769. The molecule has 3 aliphatic heterocycles. The molecule has 104 heavy (non-hydrogen) atoms. The number of hydrogen-bond acceptors (Lipinski definition) is 26. The van der Waals surface area contributed by atoms with Gasteiger partial charge in [0.05, 0.1) is 51.1 Å². The molecule has 0 saturated carbocycles. The summed E-state index contributed by atoms with van der Waals surface area (Å²) in [6.45, 7) is -0.673. The third-order valence-electron chi connectivity index (χ3n) is 16.4. The van der Waals surface area contributed by atoms with Crippen molar-refractivity contribution in [2.24, 2.45) is 0 Å². The quantitative estimate of drug-likeness (QED) is 0.0414. The first-order chi connectivity index (χ1) is 50.5. The van der Waals surface area contributed by atoms with Crippen LogP contribution in [0.5, 0.6) is 0 Å². The first kappa shape index (κ1) is 73.4. The van der Waals surface area contributed by atoms with Gasteiger partial charge >= 0.3 is 59.7 Å². The lowest BCUT2D eigenvalue weighted by Crippen LogP contribution is -2.67. The first-order valence-electron chi connectivity index (χ1n) is 32.7. The molecule has 3 heterocycles. The maximum atomic E-state index is 14.7. The number of carbonyl (C=O) groups excluding carboxylic acids is 10. The molecule has 536 valence electrons. The van der Waals surface area contributed by atoms with E-state index in [4.69, 9.17) is 71.1 Å². The summed E-state index contributed by atoms with van der Waals surface area (Å²) in [5, 5.41) is 12.3.